The maximum atomic E-state index is 12.2. The van der Waals surface area contributed by atoms with Gasteiger partial charge in [0.15, 0.2) is 0 Å². The van der Waals surface area contributed by atoms with Crippen LogP contribution in [0.15, 0.2) is 18.2 Å². The zero-order valence-electron chi connectivity index (χ0n) is 13.1. The molecular formula is C16H24N2O3. The first-order chi connectivity index (χ1) is 9.75. The Morgan fingerprint density at radius 2 is 1.95 bits per heavy atom. The molecule has 0 aromatic heterocycles. The monoisotopic (exact) mass is 292 g/mol. The molecule has 0 spiro atoms. The summed E-state index contributed by atoms with van der Waals surface area (Å²) >= 11 is 0. The van der Waals surface area contributed by atoms with Crippen LogP contribution in [0.4, 0.5) is 5.69 Å². The minimum atomic E-state index is -0.187. The smallest absolute Gasteiger partial charge is 0.251 e. The number of carbonyl (C=O) groups excluding carboxylic acids is 2. The minimum absolute atomic E-state index is 0.0973. The molecule has 0 radical (unpaired) electrons. The lowest BCUT2D eigenvalue weighted by Gasteiger charge is -2.23. The Balaban J connectivity index is 2.77. The molecule has 2 amide bonds. The molecule has 0 fully saturated rings. The van der Waals surface area contributed by atoms with Crippen molar-refractivity contribution in [2.45, 2.75) is 34.1 Å². The highest BCUT2D eigenvalue weighted by Crippen LogP contribution is 2.19. The summed E-state index contributed by atoms with van der Waals surface area (Å²) < 4.78 is 0. The SMILES string of the molecule is CC(=O)Nc1cc(C(=O)NCC(C)(C)CCO)ccc1C. The molecule has 0 aliphatic rings. The maximum absolute atomic E-state index is 12.2. The molecule has 5 heteroatoms. The summed E-state index contributed by atoms with van der Waals surface area (Å²) in [6, 6.07) is 5.21. The fraction of sp³-hybridized carbons (Fsp3) is 0.500. The van der Waals surface area contributed by atoms with E-state index < -0.39 is 0 Å². The lowest BCUT2D eigenvalue weighted by atomic mass is 9.89. The fourth-order valence-corrected chi connectivity index (χ4v) is 1.90. The molecule has 0 aliphatic heterocycles. The second-order valence-corrected chi connectivity index (χ2v) is 6.03. The number of aliphatic hydroxyl groups excluding tert-OH is 1. The molecule has 5 nitrogen and oxygen atoms in total. The molecule has 0 aliphatic carbocycles. The van der Waals surface area contributed by atoms with Crippen LogP contribution in [0.5, 0.6) is 0 Å². The van der Waals surface area contributed by atoms with E-state index in [4.69, 9.17) is 5.11 Å². The van der Waals surface area contributed by atoms with Gasteiger partial charge in [-0.05, 0) is 36.5 Å². The number of benzene rings is 1. The van der Waals surface area contributed by atoms with Crippen molar-refractivity contribution in [1.29, 1.82) is 0 Å². The Labute approximate surface area is 125 Å². The van der Waals surface area contributed by atoms with Crippen LogP contribution in [-0.2, 0) is 4.79 Å². The summed E-state index contributed by atoms with van der Waals surface area (Å²) in [5.74, 6) is -0.354. The molecule has 1 aromatic rings. The largest absolute Gasteiger partial charge is 0.396 e. The van der Waals surface area contributed by atoms with Gasteiger partial charge in [-0.2, -0.15) is 0 Å². The van der Waals surface area contributed by atoms with Gasteiger partial charge >= 0.3 is 0 Å². The van der Waals surface area contributed by atoms with Crippen LogP contribution >= 0.6 is 0 Å². The van der Waals surface area contributed by atoms with E-state index in [0.717, 1.165) is 5.56 Å². The van der Waals surface area contributed by atoms with Crippen LogP contribution < -0.4 is 10.6 Å². The van der Waals surface area contributed by atoms with E-state index in [1.54, 1.807) is 18.2 Å². The standard InChI is InChI=1S/C16H24N2O3/c1-11-5-6-13(9-14(11)18-12(2)20)15(21)17-10-16(3,4)7-8-19/h5-6,9,19H,7-8,10H2,1-4H3,(H,17,21)(H,18,20). The number of hydrogen-bond donors (Lipinski definition) is 3. The number of nitrogens with one attached hydrogen (secondary N) is 2. The van der Waals surface area contributed by atoms with Crippen molar-refractivity contribution < 1.29 is 14.7 Å². The third-order valence-corrected chi connectivity index (χ3v) is 3.33. The van der Waals surface area contributed by atoms with Gasteiger partial charge in [-0.3, -0.25) is 9.59 Å². The average molecular weight is 292 g/mol. The number of hydrogen-bond acceptors (Lipinski definition) is 3. The van der Waals surface area contributed by atoms with Crippen molar-refractivity contribution in [2.24, 2.45) is 5.41 Å². The van der Waals surface area contributed by atoms with E-state index in [-0.39, 0.29) is 23.8 Å². The molecule has 3 N–H and O–H groups in total. The van der Waals surface area contributed by atoms with Crippen LogP contribution in [0.3, 0.4) is 0 Å². The summed E-state index contributed by atoms with van der Waals surface area (Å²) in [5.41, 5.74) is 1.89. The average Bonchev–Trinajstić information content (AvgIpc) is 2.38. The topological polar surface area (TPSA) is 78.4 Å². The number of aliphatic hydroxyl groups is 1. The molecule has 1 aromatic carbocycles. The van der Waals surface area contributed by atoms with E-state index in [2.05, 4.69) is 10.6 Å². The van der Waals surface area contributed by atoms with E-state index in [1.165, 1.54) is 6.92 Å². The highest BCUT2D eigenvalue weighted by Gasteiger charge is 2.18. The van der Waals surface area contributed by atoms with Crippen molar-refractivity contribution in [3.8, 4) is 0 Å². The molecule has 1 rings (SSSR count). The summed E-state index contributed by atoms with van der Waals surface area (Å²) in [7, 11) is 0. The second kappa shape index (κ2) is 7.22. The van der Waals surface area contributed by atoms with Gasteiger partial charge in [0.05, 0.1) is 0 Å². The third-order valence-electron chi connectivity index (χ3n) is 3.33. The third kappa shape index (κ3) is 5.55. The molecule has 21 heavy (non-hydrogen) atoms. The zero-order valence-corrected chi connectivity index (χ0v) is 13.1. The molecule has 116 valence electrons. The zero-order chi connectivity index (χ0) is 16.0. The summed E-state index contributed by atoms with van der Waals surface area (Å²) in [6.45, 7) is 7.86. The minimum Gasteiger partial charge on any atom is -0.396 e. The molecule has 0 heterocycles. The highest BCUT2D eigenvalue weighted by molar-refractivity contribution is 5.97. The van der Waals surface area contributed by atoms with Gasteiger partial charge in [-0.25, -0.2) is 0 Å². The van der Waals surface area contributed by atoms with Crippen molar-refractivity contribution in [1.82, 2.24) is 5.32 Å². The van der Waals surface area contributed by atoms with Crippen molar-refractivity contribution >= 4 is 17.5 Å². The van der Waals surface area contributed by atoms with Crippen molar-refractivity contribution in [3.63, 3.8) is 0 Å². The van der Waals surface area contributed by atoms with Gasteiger partial charge in [0.1, 0.15) is 0 Å². The quantitative estimate of drug-likeness (QED) is 0.751. The van der Waals surface area contributed by atoms with Gasteiger partial charge in [0.2, 0.25) is 5.91 Å². The first-order valence-electron chi connectivity index (χ1n) is 7.02. The van der Waals surface area contributed by atoms with Crippen LogP contribution in [0, 0.1) is 12.3 Å². The Morgan fingerprint density at radius 1 is 1.29 bits per heavy atom. The Morgan fingerprint density at radius 3 is 2.52 bits per heavy atom. The summed E-state index contributed by atoms with van der Waals surface area (Å²) in [5, 5.41) is 14.6. The number of rotatable bonds is 6. The van der Waals surface area contributed by atoms with Crippen LogP contribution in [-0.4, -0.2) is 30.1 Å². The van der Waals surface area contributed by atoms with Crippen LogP contribution in [0.25, 0.3) is 0 Å². The predicted octanol–water partition coefficient (Wildman–Crippen LogP) is 2.09. The van der Waals surface area contributed by atoms with E-state index in [0.29, 0.717) is 24.2 Å². The normalized spacial score (nSPS) is 11.1. The molecule has 0 unspecified atom stereocenters. The van der Waals surface area contributed by atoms with E-state index >= 15 is 0 Å². The number of carbonyl (C=O) groups is 2. The number of amides is 2. The molecule has 0 bridgehead atoms. The number of anilines is 1. The van der Waals surface area contributed by atoms with Crippen LogP contribution in [0.1, 0.15) is 43.1 Å². The van der Waals surface area contributed by atoms with Gasteiger partial charge in [-0.15, -0.1) is 0 Å². The summed E-state index contributed by atoms with van der Waals surface area (Å²) in [6.07, 6.45) is 0.623. The lowest BCUT2D eigenvalue weighted by Crippen LogP contribution is -2.34. The van der Waals surface area contributed by atoms with Gasteiger partial charge in [0, 0.05) is 31.3 Å². The fourth-order valence-electron chi connectivity index (χ4n) is 1.90. The van der Waals surface area contributed by atoms with Crippen molar-refractivity contribution in [3.05, 3.63) is 29.3 Å². The molecule has 0 atom stereocenters. The number of aryl methyl sites for hydroxylation is 1. The molecule has 0 saturated heterocycles. The molecule has 0 saturated carbocycles. The first-order valence-corrected chi connectivity index (χ1v) is 7.02. The highest BCUT2D eigenvalue weighted by atomic mass is 16.3. The van der Waals surface area contributed by atoms with Gasteiger partial charge < -0.3 is 15.7 Å². The van der Waals surface area contributed by atoms with E-state index in [1.807, 2.05) is 20.8 Å². The van der Waals surface area contributed by atoms with Crippen LogP contribution in [0.2, 0.25) is 0 Å². The maximum Gasteiger partial charge on any atom is 0.251 e. The van der Waals surface area contributed by atoms with Crippen molar-refractivity contribution in [2.75, 3.05) is 18.5 Å². The lowest BCUT2D eigenvalue weighted by molar-refractivity contribution is -0.114. The summed E-state index contributed by atoms with van der Waals surface area (Å²) in [4.78, 5) is 23.3. The predicted molar refractivity (Wildman–Crippen MR) is 83.3 cm³/mol. The van der Waals surface area contributed by atoms with Gasteiger partial charge in [0.25, 0.3) is 5.91 Å². The molecular weight excluding hydrogens is 268 g/mol. The van der Waals surface area contributed by atoms with E-state index in [9.17, 15) is 9.59 Å². The Kier molecular flexibility index (Phi) is 5.90. The second-order valence-electron chi connectivity index (χ2n) is 6.03. The Bertz CT molecular complexity index is 524. The van der Waals surface area contributed by atoms with Gasteiger partial charge in [-0.1, -0.05) is 19.9 Å². The Hall–Kier alpha value is -1.88. The first kappa shape index (κ1) is 17.2.